The van der Waals surface area contributed by atoms with E-state index in [0.717, 1.165) is 12.1 Å². The van der Waals surface area contributed by atoms with Gasteiger partial charge in [-0.25, -0.2) is 14.0 Å². The van der Waals surface area contributed by atoms with Gasteiger partial charge in [-0.05, 0) is 30.0 Å². The molecule has 1 saturated heterocycles. The number of carboxylic acid groups (broad SMARTS) is 1. The molecule has 0 aromatic heterocycles. The van der Waals surface area contributed by atoms with E-state index in [1.54, 1.807) is 4.90 Å². The summed E-state index contributed by atoms with van der Waals surface area (Å²) in [5.41, 5.74) is -0.174. The minimum absolute atomic E-state index is 0.279. The van der Waals surface area contributed by atoms with Crippen molar-refractivity contribution < 1.29 is 19.1 Å². The van der Waals surface area contributed by atoms with Gasteiger partial charge in [0, 0.05) is 18.8 Å². The van der Waals surface area contributed by atoms with Crippen LogP contribution in [0.4, 0.5) is 14.9 Å². The molecule has 2 rings (SSSR count). The highest BCUT2D eigenvalue weighted by Gasteiger charge is 2.29. The van der Waals surface area contributed by atoms with Gasteiger partial charge in [0.2, 0.25) is 0 Å². The number of urea groups is 1. The number of carboxylic acids is 1. The first kappa shape index (κ1) is 14.3. The molecular weight excluding hydrogens is 263 g/mol. The van der Waals surface area contributed by atoms with Crippen molar-refractivity contribution in [1.82, 2.24) is 4.90 Å². The summed E-state index contributed by atoms with van der Waals surface area (Å²) in [5, 5.41) is 11.4. The number of carbonyl (C=O) groups excluding carboxylic acids is 1. The molecule has 6 heteroatoms. The average molecular weight is 280 g/mol. The molecule has 20 heavy (non-hydrogen) atoms. The molecule has 1 aliphatic heterocycles. The number of hydrogen-bond acceptors (Lipinski definition) is 2. The first-order valence-electron chi connectivity index (χ1n) is 6.47. The lowest BCUT2D eigenvalue weighted by atomic mass is 10.0. The van der Waals surface area contributed by atoms with Gasteiger partial charge in [0.25, 0.3) is 0 Å². The minimum atomic E-state index is -1.36. The SMILES string of the molecule is CC1CN(C(=O)Nc2ccc(F)c(C(=O)O)c2)CC1C. The number of halogens is 1. The van der Waals surface area contributed by atoms with Gasteiger partial charge in [0.15, 0.2) is 0 Å². The summed E-state index contributed by atoms with van der Waals surface area (Å²) in [7, 11) is 0. The highest BCUT2D eigenvalue weighted by molar-refractivity contribution is 5.93. The Bertz CT molecular complexity index is 537. The van der Waals surface area contributed by atoms with Gasteiger partial charge >= 0.3 is 12.0 Å². The second kappa shape index (κ2) is 5.48. The molecule has 1 aromatic carbocycles. The van der Waals surface area contributed by atoms with E-state index in [4.69, 9.17) is 5.11 Å². The van der Waals surface area contributed by atoms with Crippen molar-refractivity contribution in [3.63, 3.8) is 0 Å². The molecule has 0 bridgehead atoms. The average Bonchev–Trinajstić information content (AvgIpc) is 2.72. The first-order chi connectivity index (χ1) is 9.38. The number of amides is 2. The standard InChI is InChI=1S/C14H17FN2O3/c1-8-6-17(7-9(8)2)14(20)16-10-3-4-12(15)11(5-10)13(18)19/h3-5,8-9H,6-7H2,1-2H3,(H,16,20)(H,18,19). The quantitative estimate of drug-likeness (QED) is 0.875. The van der Waals surface area contributed by atoms with E-state index < -0.39 is 17.3 Å². The summed E-state index contributed by atoms with van der Waals surface area (Å²) >= 11 is 0. The molecule has 2 unspecified atom stereocenters. The molecule has 2 atom stereocenters. The smallest absolute Gasteiger partial charge is 0.338 e. The van der Waals surface area contributed by atoms with E-state index in [9.17, 15) is 14.0 Å². The molecule has 0 spiro atoms. The van der Waals surface area contributed by atoms with E-state index in [0.29, 0.717) is 24.9 Å². The lowest BCUT2D eigenvalue weighted by molar-refractivity contribution is 0.0692. The molecule has 1 aromatic rings. The van der Waals surface area contributed by atoms with Crippen molar-refractivity contribution in [2.45, 2.75) is 13.8 Å². The van der Waals surface area contributed by atoms with Crippen LogP contribution in [0, 0.1) is 17.7 Å². The maximum Gasteiger partial charge on any atom is 0.338 e. The largest absolute Gasteiger partial charge is 0.478 e. The first-order valence-corrected chi connectivity index (χ1v) is 6.47. The van der Waals surface area contributed by atoms with Gasteiger partial charge in [0.05, 0.1) is 5.56 Å². The number of nitrogens with one attached hydrogen (secondary N) is 1. The van der Waals surface area contributed by atoms with Gasteiger partial charge in [-0.15, -0.1) is 0 Å². The van der Waals surface area contributed by atoms with E-state index in [2.05, 4.69) is 19.2 Å². The number of anilines is 1. The molecule has 1 aliphatic rings. The third-order valence-corrected chi connectivity index (χ3v) is 3.72. The van der Waals surface area contributed by atoms with Crippen molar-refractivity contribution in [2.24, 2.45) is 11.8 Å². The Morgan fingerprint density at radius 3 is 2.45 bits per heavy atom. The summed E-state index contributed by atoms with van der Waals surface area (Å²) in [4.78, 5) is 24.6. The Morgan fingerprint density at radius 1 is 1.30 bits per heavy atom. The fourth-order valence-electron chi connectivity index (χ4n) is 2.26. The Kier molecular flexibility index (Phi) is 3.92. The Labute approximate surface area is 116 Å². The van der Waals surface area contributed by atoms with E-state index in [-0.39, 0.29) is 11.7 Å². The van der Waals surface area contributed by atoms with Crippen LogP contribution in [0.25, 0.3) is 0 Å². The van der Waals surface area contributed by atoms with Gasteiger partial charge in [-0.1, -0.05) is 13.8 Å². The Balaban J connectivity index is 2.09. The summed E-state index contributed by atoms with van der Waals surface area (Å²) in [6.45, 7) is 5.50. The normalized spacial score (nSPS) is 21.9. The van der Waals surface area contributed by atoms with Crippen molar-refractivity contribution in [3.05, 3.63) is 29.6 Å². The molecule has 5 nitrogen and oxygen atoms in total. The third kappa shape index (κ3) is 2.89. The number of rotatable bonds is 2. The highest BCUT2D eigenvalue weighted by atomic mass is 19.1. The zero-order valence-corrected chi connectivity index (χ0v) is 11.4. The van der Waals surface area contributed by atoms with Crippen LogP contribution in [0.2, 0.25) is 0 Å². The van der Waals surface area contributed by atoms with Crippen LogP contribution in [-0.2, 0) is 0 Å². The number of carbonyl (C=O) groups is 2. The Morgan fingerprint density at radius 2 is 1.90 bits per heavy atom. The van der Waals surface area contributed by atoms with E-state index in [1.807, 2.05) is 0 Å². The lowest BCUT2D eigenvalue weighted by Gasteiger charge is -2.17. The predicted octanol–water partition coefficient (Wildman–Crippen LogP) is 2.64. The summed E-state index contributed by atoms with van der Waals surface area (Å²) in [6, 6.07) is 3.22. The zero-order chi connectivity index (χ0) is 14.9. The lowest BCUT2D eigenvalue weighted by Crippen LogP contribution is -2.33. The molecular formula is C14H17FN2O3. The maximum absolute atomic E-state index is 13.3. The molecule has 108 valence electrons. The van der Waals surface area contributed by atoms with Crippen LogP contribution in [0.5, 0.6) is 0 Å². The predicted molar refractivity (Wildman–Crippen MR) is 72.3 cm³/mol. The van der Waals surface area contributed by atoms with E-state index >= 15 is 0 Å². The zero-order valence-electron chi connectivity index (χ0n) is 11.4. The molecule has 2 amide bonds. The van der Waals surface area contributed by atoms with Gasteiger partial charge < -0.3 is 15.3 Å². The van der Waals surface area contributed by atoms with Crippen LogP contribution < -0.4 is 5.32 Å². The van der Waals surface area contributed by atoms with Crippen LogP contribution in [0.1, 0.15) is 24.2 Å². The number of likely N-dealkylation sites (tertiary alicyclic amines) is 1. The van der Waals surface area contributed by atoms with Crippen molar-refractivity contribution in [3.8, 4) is 0 Å². The topological polar surface area (TPSA) is 69.6 Å². The monoisotopic (exact) mass is 280 g/mol. The molecule has 2 N–H and O–H groups in total. The van der Waals surface area contributed by atoms with Crippen LogP contribution in [0.3, 0.4) is 0 Å². The maximum atomic E-state index is 13.3. The van der Waals surface area contributed by atoms with Gasteiger partial charge in [0.1, 0.15) is 5.82 Å². The fraction of sp³-hybridized carbons (Fsp3) is 0.429. The second-order valence-corrected chi connectivity index (χ2v) is 5.29. The molecule has 0 radical (unpaired) electrons. The number of benzene rings is 1. The second-order valence-electron chi connectivity index (χ2n) is 5.29. The van der Waals surface area contributed by atoms with Crippen molar-refractivity contribution in [1.29, 1.82) is 0 Å². The molecule has 0 aliphatic carbocycles. The molecule has 1 heterocycles. The number of aromatic carboxylic acids is 1. The number of hydrogen-bond donors (Lipinski definition) is 2. The highest BCUT2D eigenvalue weighted by Crippen LogP contribution is 2.23. The van der Waals surface area contributed by atoms with Crippen LogP contribution in [-0.4, -0.2) is 35.1 Å². The summed E-state index contributed by atoms with van der Waals surface area (Å²) in [6.07, 6.45) is 0. The minimum Gasteiger partial charge on any atom is -0.478 e. The fourth-order valence-corrected chi connectivity index (χ4v) is 2.26. The summed E-state index contributed by atoms with van der Waals surface area (Å²) < 4.78 is 13.3. The summed E-state index contributed by atoms with van der Waals surface area (Å²) in [5.74, 6) is -1.31. The third-order valence-electron chi connectivity index (χ3n) is 3.72. The van der Waals surface area contributed by atoms with Crippen LogP contribution >= 0.6 is 0 Å². The number of nitrogens with zero attached hydrogens (tertiary/aromatic N) is 1. The Hall–Kier alpha value is -2.11. The molecule has 1 fully saturated rings. The molecule has 0 saturated carbocycles. The van der Waals surface area contributed by atoms with Gasteiger partial charge in [-0.3, -0.25) is 0 Å². The van der Waals surface area contributed by atoms with Crippen molar-refractivity contribution >= 4 is 17.7 Å². The van der Waals surface area contributed by atoms with E-state index in [1.165, 1.54) is 6.07 Å². The van der Waals surface area contributed by atoms with Crippen molar-refractivity contribution in [2.75, 3.05) is 18.4 Å². The van der Waals surface area contributed by atoms with Crippen LogP contribution in [0.15, 0.2) is 18.2 Å². The van der Waals surface area contributed by atoms with Gasteiger partial charge in [-0.2, -0.15) is 0 Å².